The zero-order valence-electron chi connectivity index (χ0n) is 17.8. The molecule has 0 aliphatic rings. The Kier molecular flexibility index (Phi) is 8.42. The molecule has 0 bridgehead atoms. The van der Waals surface area contributed by atoms with E-state index in [0.29, 0.717) is 11.3 Å². The van der Waals surface area contributed by atoms with Crippen molar-refractivity contribution in [2.24, 2.45) is 0 Å². The lowest BCUT2D eigenvalue weighted by Crippen LogP contribution is -2.49. The number of amides is 2. The molecule has 3 aromatic carbocycles. The van der Waals surface area contributed by atoms with Crippen molar-refractivity contribution >= 4 is 40.9 Å². The highest BCUT2D eigenvalue weighted by Crippen LogP contribution is 2.29. The number of hydrogen-bond donors (Lipinski definition) is 3. The molecule has 10 heteroatoms. The number of thiocarbonyl (C=S) groups is 1. The number of hydrazine groups is 1. The number of nitrogens with one attached hydrogen (secondary N) is 3. The van der Waals surface area contributed by atoms with E-state index < -0.39 is 16.7 Å². The van der Waals surface area contributed by atoms with Crippen LogP contribution in [0.15, 0.2) is 84.9 Å². The van der Waals surface area contributed by atoms with Crippen LogP contribution in [0.3, 0.4) is 0 Å². The Morgan fingerprint density at radius 2 is 1.71 bits per heavy atom. The summed E-state index contributed by atoms with van der Waals surface area (Å²) in [5.74, 6) is -0.538. The van der Waals surface area contributed by atoms with Crippen molar-refractivity contribution in [3.8, 4) is 16.9 Å². The minimum atomic E-state index is -0.578. The summed E-state index contributed by atoms with van der Waals surface area (Å²) in [6.07, 6.45) is 2.57. The van der Waals surface area contributed by atoms with Gasteiger partial charge in [0, 0.05) is 23.8 Å². The van der Waals surface area contributed by atoms with Gasteiger partial charge in [-0.05, 0) is 35.5 Å². The van der Waals surface area contributed by atoms with Crippen LogP contribution in [0.2, 0.25) is 0 Å². The Hall–Kier alpha value is -4.57. The Bertz CT molecular complexity index is 1230. The van der Waals surface area contributed by atoms with Gasteiger partial charge in [0.2, 0.25) is 5.91 Å². The summed E-state index contributed by atoms with van der Waals surface area (Å²) < 4.78 is 5.64. The first-order valence-electron chi connectivity index (χ1n) is 10.0. The smallest absolute Gasteiger partial charge is 0.276 e. The number of rotatable bonds is 7. The molecule has 0 spiro atoms. The molecule has 0 saturated heterocycles. The number of carbonyl (C=O) groups is 2. The average Bonchev–Trinajstić information content (AvgIpc) is 2.86. The van der Waals surface area contributed by atoms with Crippen LogP contribution in [-0.4, -0.2) is 28.5 Å². The minimum absolute atomic E-state index is 0.0870. The highest BCUT2D eigenvalue weighted by molar-refractivity contribution is 7.80. The lowest BCUT2D eigenvalue weighted by molar-refractivity contribution is -0.384. The molecule has 3 rings (SSSR count). The van der Waals surface area contributed by atoms with Crippen LogP contribution in [0, 0.1) is 10.1 Å². The number of hydrogen-bond acceptors (Lipinski definition) is 6. The number of carbonyl (C=O) groups excluding carboxylic acids is 2. The third-order valence-electron chi connectivity index (χ3n) is 4.39. The lowest BCUT2D eigenvalue weighted by atomic mass is 10.1. The second-order valence-corrected chi connectivity index (χ2v) is 7.24. The fraction of sp³-hybridized carbons (Fsp3) is 0.0417. The number of nitrogens with zero attached hydrogens (tertiary/aromatic N) is 1. The highest BCUT2D eigenvalue weighted by Gasteiger charge is 2.09. The Morgan fingerprint density at radius 3 is 2.47 bits per heavy atom. The van der Waals surface area contributed by atoms with Crippen molar-refractivity contribution < 1.29 is 19.2 Å². The van der Waals surface area contributed by atoms with Crippen molar-refractivity contribution in [3.63, 3.8) is 0 Å². The molecule has 0 aliphatic heterocycles. The van der Waals surface area contributed by atoms with Gasteiger partial charge in [0.05, 0.1) is 4.92 Å². The monoisotopic (exact) mass is 476 g/mol. The molecule has 0 unspecified atom stereocenters. The number of nitro groups is 1. The van der Waals surface area contributed by atoms with E-state index in [-0.39, 0.29) is 17.4 Å². The minimum Gasteiger partial charge on any atom is -0.483 e. The van der Waals surface area contributed by atoms with E-state index in [1.54, 1.807) is 12.1 Å². The second-order valence-electron chi connectivity index (χ2n) is 6.83. The topological polar surface area (TPSA) is 123 Å². The van der Waals surface area contributed by atoms with Crippen LogP contribution in [0.25, 0.3) is 17.2 Å². The zero-order valence-corrected chi connectivity index (χ0v) is 18.6. The van der Waals surface area contributed by atoms with E-state index in [0.717, 1.165) is 11.1 Å². The Morgan fingerprint density at radius 1 is 0.971 bits per heavy atom. The average molecular weight is 477 g/mol. The summed E-state index contributed by atoms with van der Waals surface area (Å²) in [7, 11) is 0. The summed E-state index contributed by atoms with van der Waals surface area (Å²) in [5.41, 5.74) is 6.95. The van der Waals surface area contributed by atoms with Crippen LogP contribution in [0.1, 0.15) is 5.56 Å². The van der Waals surface area contributed by atoms with E-state index in [2.05, 4.69) is 16.2 Å². The van der Waals surface area contributed by atoms with Gasteiger partial charge in [-0.15, -0.1) is 0 Å². The summed E-state index contributed by atoms with van der Waals surface area (Å²) in [6.45, 7) is -0.278. The van der Waals surface area contributed by atoms with Crippen LogP contribution in [0.4, 0.5) is 5.69 Å². The van der Waals surface area contributed by atoms with Crippen molar-refractivity contribution in [1.29, 1.82) is 0 Å². The van der Waals surface area contributed by atoms with Crippen LogP contribution < -0.4 is 20.9 Å². The fourth-order valence-electron chi connectivity index (χ4n) is 2.85. The molecule has 0 aliphatic carbocycles. The summed E-state index contributed by atoms with van der Waals surface area (Å²) >= 11 is 4.98. The molecule has 0 aromatic heterocycles. The van der Waals surface area contributed by atoms with Gasteiger partial charge < -0.3 is 4.74 Å². The third kappa shape index (κ3) is 7.24. The maximum absolute atomic E-state index is 12.1. The van der Waals surface area contributed by atoms with E-state index in [1.165, 1.54) is 30.4 Å². The van der Waals surface area contributed by atoms with E-state index in [4.69, 9.17) is 17.0 Å². The van der Waals surface area contributed by atoms with Crippen LogP contribution in [0.5, 0.6) is 5.75 Å². The van der Waals surface area contributed by atoms with Gasteiger partial charge in [0.25, 0.3) is 11.6 Å². The third-order valence-corrected chi connectivity index (χ3v) is 4.60. The van der Waals surface area contributed by atoms with Gasteiger partial charge in [-0.1, -0.05) is 60.7 Å². The predicted molar refractivity (Wildman–Crippen MR) is 132 cm³/mol. The van der Waals surface area contributed by atoms with Crippen molar-refractivity contribution in [2.45, 2.75) is 0 Å². The molecular weight excluding hydrogens is 456 g/mol. The van der Waals surface area contributed by atoms with Crippen molar-refractivity contribution in [2.75, 3.05) is 6.61 Å². The molecule has 34 heavy (non-hydrogen) atoms. The molecule has 172 valence electrons. The summed E-state index contributed by atoms with van der Waals surface area (Å²) in [4.78, 5) is 34.4. The lowest BCUT2D eigenvalue weighted by Gasteiger charge is -2.13. The molecule has 3 aromatic rings. The molecule has 2 amide bonds. The molecule has 0 radical (unpaired) electrons. The number of para-hydroxylation sites is 1. The highest BCUT2D eigenvalue weighted by atomic mass is 32.1. The normalized spacial score (nSPS) is 10.4. The molecule has 0 fully saturated rings. The molecule has 3 N–H and O–H groups in total. The fourth-order valence-corrected chi connectivity index (χ4v) is 3.00. The maximum Gasteiger partial charge on any atom is 0.276 e. The van der Waals surface area contributed by atoms with Gasteiger partial charge in [0.15, 0.2) is 11.7 Å². The van der Waals surface area contributed by atoms with E-state index >= 15 is 0 Å². The maximum atomic E-state index is 12.1. The van der Waals surface area contributed by atoms with Gasteiger partial charge in [0.1, 0.15) is 5.75 Å². The van der Waals surface area contributed by atoms with Gasteiger partial charge in [-0.25, -0.2) is 0 Å². The largest absolute Gasteiger partial charge is 0.483 e. The first-order valence-corrected chi connectivity index (χ1v) is 10.4. The Balaban J connectivity index is 1.45. The molecule has 9 nitrogen and oxygen atoms in total. The van der Waals surface area contributed by atoms with Crippen LogP contribution in [-0.2, 0) is 9.59 Å². The quantitative estimate of drug-likeness (QED) is 0.207. The first-order chi connectivity index (χ1) is 16.4. The van der Waals surface area contributed by atoms with E-state index in [1.807, 2.05) is 48.5 Å². The number of ether oxygens (including phenoxy) is 1. The standard InChI is InChI=1S/C24H20N4O5S/c29-22(14-13-17-7-6-10-19(15-17)28(31)32)25-24(34)27-26-23(30)16-33-21-12-5-4-11-20(21)18-8-2-1-3-9-18/h1-15H,16H2,(H,26,30)(H2,25,27,29,34)/b14-13+. The SMILES string of the molecule is O=C(/C=C/c1cccc([N+](=O)[O-])c1)NC(=S)NNC(=O)COc1ccccc1-c1ccccc1. The van der Waals surface area contributed by atoms with Crippen molar-refractivity contribution in [3.05, 3.63) is 101 Å². The van der Waals surface area contributed by atoms with Crippen molar-refractivity contribution in [1.82, 2.24) is 16.2 Å². The predicted octanol–water partition coefficient (Wildman–Crippen LogP) is 3.38. The van der Waals surface area contributed by atoms with Gasteiger partial charge in [-0.3, -0.25) is 35.9 Å². The van der Waals surface area contributed by atoms with Gasteiger partial charge in [-0.2, -0.15) is 0 Å². The second kappa shape index (κ2) is 11.9. The number of nitro benzene ring substituents is 1. The summed E-state index contributed by atoms with van der Waals surface area (Å²) in [6, 6.07) is 22.8. The first kappa shape index (κ1) is 24.1. The molecule has 0 saturated carbocycles. The molecular formula is C24H20N4O5S. The van der Waals surface area contributed by atoms with Crippen LogP contribution >= 0.6 is 12.2 Å². The molecule has 0 heterocycles. The van der Waals surface area contributed by atoms with Gasteiger partial charge >= 0.3 is 0 Å². The number of benzene rings is 3. The Labute approximate surface area is 200 Å². The van der Waals surface area contributed by atoms with E-state index in [9.17, 15) is 19.7 Å². The zero-order chi connectivity index (χ0) is 24.3. The summed E-state index contributed by atoms with van der Waals surface area (Å²) in [5, 5.41) is 13.0. The molecule has 0 atom stereocenters. The number of non-ortho nitro benzene ring substituents is 1.